The maximum absolute atomic E-state index is 12.0. The first-order valence-corrected chi connectivity index (χ1v) is 9.01. The average Bonchev–Trinajstić information content (AvgIpc) is 2.91. The molecule has 0 amide bonds. The molecule has 1 heterocycles. The molecule has 0 fully saturated rings. The van der Waals surface area contributed by atoms with Crippen LogP contribution in [0.25, 0.3) is 22.1 Å². The second-order valence-electron chi connectivity index (χ2n) is 5.06. The van der Waals surface area contributed by atoms with Crippen molar-refractivity contribution >= 4 is 48.6 Å². The maximum Gasteiger partial charge on any atom is 0.338 e. The van der Waals surface area contributed by atoms with Gasteiger partial charge >= 0.3 is 5.97 Å². The molecule has 23 heavy (non-hydrogen) atoms. The summed E-state index contributed by atoms with van der Waals surface area (Å²) in [6, 6.07) is 13.5. The van der Waals surface area contributed by atoms with Gasteiger partial charge in [-0.25, -0.2) is 4.79 Å². The molecule has 1 aromatic heterocycles. The van der Waals surface area contributed by atoms with E-state index in [1.54, 1.807) is 6.07 Å². The van der Waals surface area contributed by atoms with Crippen LogP contribution in [0.3, 0.4) is 0 Å². The third-order valence-corrected chi connectivity index (χ3v) is 4.68. The molecule has 0 atom stereocenters. The number of carbonyl (C=O) groups is 1. The fraction of sp³-hybridized carbons (Fsp3) is 0.167. The van der Waals surface area contributed by atoms with E-state index >= 15 is 0 Å². The molecule has 5 heteroatoms. The number of carbonyl (C=O) groups excluding carboxylic acids is 1. The van der Waals surface area contributed by atoms with E-state index in [-0.39, 0.29) is 5.97 Å². The molecule has 0 N–H and O–H groups in total. The normalized spacial score (nSPS) is 10.9. The van der Waals surface area contributed by atoms with Crippen LogP contribution in [0.2, 0.25) is 0 Å². The zero-order chi connectivity index (χ0) is 16.4. The van der Waals surface area contributed by atoms with E-state index in [4.69, 9.17) is 9.15 Å². The summed E-state index contributed by atoms with van der Waals surface area (Å²) < 4.78 is 11.5. The van der Waals surface area contributed by atoms with Crippen LogP contribution >= 0.6 is 31.9 Å². The first-order chi connectivity index (χ1) is 11.2. The third kappa shape index (κ3) is 3.08. The van der Waals surface area contributed by atoms with Gasteiger partial charge in [-0.2, -0.15) is 0 Å². The summed E-state index contributed by atoms with van der Waals surface area (Å²) in [7, 11) is 1.38. The van der Waals surface area contributed by atoms with Crippen molar-refractivity contribution < 1.29 is 13.9 Å². The molecule has 2 aromatic carbocycles. The van der Waals surface area contributed by atoms with Gasteiger partial charge in [0.15, 0.2) is 4.67 Å². The number of hydrogen-bond donors (Lipinski definition) is 0. The van der Waals surface area contributed by atoms with Crippen LogP contribution in [0.4, 0.5) is 0 Å². The molecule has 3 rings (SSSR count). The van der Waals surface area contributed by atoms with Gasteiger partial charge in [0.2, 0.25) is 0 Å². The van der Waals surface area contributed by atoms with Gasteiger partial charge in [0, 0.05) is 21.7 Å². The molecule has 0 bridgehead atoms. The fourth-order valence-corrected chi connectivity index (χ4v) is 3.53. The Labute approximate surface area is 150 Å². The van der Waals surface area contributed by atoms with Gasteiger partial charge in [0.05, 0.1) is 12.7 Å². The molecule has 0 radical (unpaired) electrons. The number of ether oxygens (including phenoxy) is 1. The van der Waals surface area contributed by atoms with Crippen molar-refractivity contribution in [3.05, 3.63) is 58.3 Å². The van der Waals surface area contributed by atoms with Crippen molar-refractivity contribution in [3.63, 3.8) is 0 Å². The molecular weight excluding hydrogens is 424 g/mol. The number of methoxy groups -OCH3 is 1. The van der Waals surface area contributed by atoms with Gasteiger partial charge in [-0.3, -0.25) is 0 Å². The first kappa shape index (κ1) is 16.3. The number of rotatable bonds is 4. The number of hydrogen-bond acceptors (Lipinski definition) is 3. The van der Waals surface area contributed by atoms with Gasteiger partial charge in [0.1, 0.15) is 5.76 Å². The number of halogens is 2. The predicted octanol–water partition coefficient (Wildman–Crippen LogP) is 5.59. The van der Waals surface area contributed by atoms with Crippen LogP contribution in [0.5, 0.6) is 0 Å². The minimum atomic E-state index is -0.378. The number of esters is 1. The van der Waals surface area contributed by atoms with Gasteiger partial charge in [0.25, 0.3) is 0 Å². The Hall–Kier alpha value is -1.59. The van der Waals surface area contributed by atoms with E-state index in [1.807, 2.05) is 24.3 Å². The number of aryl methyl sites for hydroxylation is 1. The largest absolute Gasteiger partial charge is 0.465 e. The Balaban J connectivity index is 2.20. The lowest BCUT2D eigenvalue weighted by Crippen LogP contribution is -2.02. The van der Waals surface area contributed by atoms with E-state index < -0.39 is 0 Å². The van der Waals surface area contributed by atoms with Gasteiger partial charge < -0.3 is 9.15 Å². The van der Waals surface area contributed by atoms with Crippen molar-refractivity contribution in [1.29, 1.82) is 0 Å². The number of furan rings is 1. The second kappa shape index (κ2) is 6.89. The van der Waals surface area contributed by atoms with Crippen molar-refractivity contribution in [2.75, 3.05) is 12.4 Å². The average molecular weight is 438 g/mol. The number of benzene rings is 2. The van der Waals surface area contributed by atoms with Crippen LogP contribution in [-0.4, -0.2) is 18.4 Å². The highest BCUT2D eigenvalue weighted by molar-refractivity contribution is 9.10. The Bertz CT molecular complexity index is 868. The standard InChI is InChI=1S/C18H14Br2O3/c1-22-18(21)14-5-3-2-4-12(14)16-13-7-6-11(8-9-19)10-15(13)17(20)23-16/h2-7,10H,8-9H2,1H3. The highest BCUT2D eigenvalue weighted by Crippen LogP contribution is 2.38. The molecule has 3 aromatic rings. The molecule has 0 spiro atoms. The van der Waals surface area contributed by atoms with E-state index in [0.717, 1.165) is 28.1 Å². The molecular formula is C18H14Br2O3. The fourth-order valence-electron chi connectivity index (χ4n) is 2.59. The van der Waals surface area contributed by atoms with E-state index in [9.17, 15) is 4.79 Å². The summed E-state index contributed by atoms with van der Waals surface area (Å²) in [5.41, 5.74) is 2.44. The number of alkyl halides is 1. The van der Waals surface area contributed by atoms with E-state index in [2.05, 4.69) is 44.0 Å². The summed E-state index contributed by atoms with van der Waals surface area (Å²) in [6.45, 7) is 0. The Morgan fingerprint density at radius 3 is 2.70 bits per heavy atom. The van der Waals surface area contributed by atoms with Crippen LogP contribution in [0, 0.1) is 0 Å². The minimum Gasteiger partial charge on any atom is -0.465 e. The van der Waals surface area contributed by atoms with Crippen molar-refractivity contribution in [2.24, 2.45) is 0 Å². The Morgan fingerprint density at radius 1 is 1.17 bits per heavy atom. The van der Waals surface area contributed by atoms with E-state index in [1.165, 1.54) is 12.7 Å². The Morgan fingerprint density at radius 2 is 1.96 bits per heavy atom. The highest BCUT2D eigenvalue weighted by atomic mass is 79.9. The first-order valence-electron chi connectivity index (χ1n) is 7.10. The van der Waals surface area contributed by atoms with Gasteiger partial charge in [-0.1, -0.05) is 46.3 Å². The lowest BCUT2D eigenvalue weighted by Gasteiger charge is -2.06. The zero-order valence-electron chi connectivity index (χ0n) is 12.4. The molecule has 0 aliphatic rings. The lowest BCUT2D eigenvalue weighted by atomic mass is 10.0. The molecule has 0 aliphatic heterocycles. The van der Waals surface area contributed by atoms with Crippen LogP contribution in [0.1, 0.15) is 15.9 Å². The summed E-state index contributed by atoms with van der Waals surface area (Å²) in [4.78, 5) is 12.0. The summed E-state index contributed by atoms with van der Waals surface area (Å²) in [5, 5.41) is 2.87. The predicted molar refractivity (Wildman–Crippen MR) is 98.2 cm³/mol. The van der Waals surface area contributed by atoms with Gasteiger partial charge in [-0.05, 0) is 40.0 Å². The molecule has 118 valence electrons. The minimum absolute atomic E-state index is 0.378. The molecule has 3 nitrogen and oxygen atoms in total. The molecule has 0 aliphatic carbocycles. The Kier molecular flexibility index (Phi) is 4.87. The SMILES string of the molecule is COC(=O)c1ccccc1-c1oc(Br)c2cc(CCBr)ccc12. The lowest BCUT2D eigenvalue weighted by molar-refractivity contribution is 0.0601. The van der Waals surface area contributed by atoms with Crippen molar-refractivity contribution in [2.45, 2.75) is 6.42 Å². The summed E-state index contributed by atoms with van der Waals surface area (Å²) >= 11 is 6.94. The van der Waals surface area contributed by atoms with Crippen molar-refractivity contribution in [3.8, 4) is 11.3 Å². The smallest absolute Gasteiger partial charge is 0.338 e. The quantitative estimate of drug-likeness (QED) is 0.394. The van der Waals surface area contributed by atoms with Gasteiger partial charge in [-0.15, -0.1) is 0 Å². The summed E-state index contributed by atoms with van der Waals surface area (Å²) in [6.07, 6.45) is 0.946. The van der Waals surface area contributed by atoms with E-state index in [0.29, 0.717) is 16.0 Å². The van der Waals surface area contributed by atoms with Crippen LogP contribution in [0.15, 0.2) is 51.6 Å². The monoisotopic (exact) mass is 436 g/mol. The third-order valence-electron chi connectivity index (χ3n) is 3.69. The summed E-state index contributed by atoms with van der Waals surface area (Å²) in [5.74, 6) is 0.287. The number of fused-ring (bicyclic) bond motifs is 1. The second-order valence-corrected chi connectivity index (χ2v) is 6.57. The zero-order valence-corrected chi connectivity index (χ0v) is 15.6. The molecule has 0 saturated carbocycles. The highest BCUT2D eigenvalue weighted by Gasteiger charge is 2.19. The van der Waals surface area contributed by atoms with Crippen molar-refractivity contribution in [1.82, 2.24) is 0 Å². The van der Waals surface area contributed by atoms with Crippen LogP contribution < -0.4 is 0 Å². The molecule has 0 unspecified atom stereocenters. The maximum atomic E-state index is 12.0. The van der Waals surface area contributed by atoms with Crippen LogP contribution in [-0.2, 0) is 11.2 Å². The topological polar surface area (TPSA) is 39.4 Å². The molecule has 0 saturated heterocycles.